The maximum absolute atomic E-state index is 12.2. The summed E-state index contributed by atoms with van der Waals surface area (Å²) in [5, 5.41) is 3.09. The van der Waals surface area contributed by atoms with Crippen LogP contribution >= 0.6 is 11.6 Å². The summed E-state index contributed by atoms with van der Waals surface area (Å²) in [6.45, 7) is 1.97. The molecule has 94 valence electrons. The molecule has 2 rings (SSSR count). The SMILES string of the molecule is CCc1occc1C(=O)NC1(CCl)CCCC1. The van der Waals surface area contributed by atoms with Crippen molar-refractivity contribution in [2.45, 2.75) is 44.6 Å². The number of hydrogen-bond acceptors (Lipinski definition) is 2. The van der Waals surface area contributed by atoms with Crippen molar-refractivity contribution in [3.05, 3.63) is 23.7 Å². The van der Waals surface area contributed by atoms with Gasteiger partial charge in [0.05, 0.1) is 17.4 Å². The summed E-state index contributed by atoms with van der Waals surface area (Å²) in [5.74, 6) is 1.17. The van der Waals surface area contributed by atoms with E-state index >= 15 is 0 Å². The molecule has 3 nitrogen and oxygen atoms in total. The highest BCUT2D eigenvalue weighted by Gasteiger charge is 2.35. The molecule has 0 radical (unpaired) electrons. The van der Waals surface area contributed by atoms with E-state index in [0.717, 1.165) is 37.9 Å². The number of aryl methyl sites for hydroxylation is 1. The van der Waals surface area contributed by atoms with E-state index in [1.54, 1.807) is 12.3 Å². The highest BCUT2D eigenvalue weighted by Crippen LogP contribution is 2.31. The first kappa shape index (κ1) is 12.5. The number of hydrogen-bond donors (Lipinski definition) is 1. The number of carbonyl (C=O) groups excluding carboxylic acids is 1. The number of halogens is 1. The Bertz CT molecular complexity index is 394. The molecule has 0 atom stereocenters. The number of alkyl halides is 1. The van der Waals surface area contributed by atoms with Gasteiger partial charge in [0.2, 0.25) is 0 Å². The smallest absolute Gasteiger partial charge is 0.255 e. The highest BCUT2D eigenvalue weighted by atomic mass is 35.5. The summed E-state index contributed by atoms with van der Waals surface area (Å²) >= 11 is 6.01. The average molecular weight is 256 g/mol. The molecule has 1 aliphatic carbocycles. The fourth-order valence-corrected chi connectivity index (χ4v) is 2.80. The van der Waals surface area contributed by atoms with Crippen LogP contribution in [0.3, 0.4) is 0 Å². The molecule has 1 aromatic heterocycles. The van der Waals surface area contributed by atoms with Gasteiger partial charge in [-0.3, -0.25) is 4.79 Å². The van der Waals surface area contributed by atoms with Crippen molar-refractivity contribution in [3.8, 4) is 0 Å². The minimum Gasteiger partial charge on any atom is -0.469 e. The maximum atomic E-state index is 12.2. The standard InChI is InChI=1S/C13H18ClNO2/c1-2-11-10(5-8-17-11)12(16)15-13(9-14)6-3-4-7-13/h5,8H,2-4,6-7,9H2,1H3,(H,15,16). The second-order valence-electron chi connectivity index (χ2n) is 4.69. The zero-order valence-corrected chi connectivity index (χ0v) is 10.8. The Balaban J connectivity index is 2.11. The molecule has 0 aliphatic heterocycles. The Kier molecular flexibility index (Phi) is 3.77. The highest BCUT2D eigenvalue weighted by molar-refractivity contribution is 6.19. The molecule has 0 saturated heterocycles. The molecule has 1 aromatic rings. The number of amides is 1. The molecule has 1 fully saturated rings. The predicted molar refractivity (Wildman–Crippen MR) is 67.5 cm³/mol. The molecule has 0 unspecified atom stereocenters. The van der Waals surface area contributed by atoms with Crippen molar-refractivity contribution in [1.82, 2.24) is 5.32 Å². The van der Waals surface area contributed by atoms with Crippen LogP contribution in [0.1, 0.15) is 48.7 Å². The van der Waals surface area contributed by atoms with E-state index in [1.165, 1.54) is 0 Å². The van der Waals surface area contributed by atoms with Gasteiger partial charge in [0, 0.05) is 12.3 Å². The Labute approximate surface area is 107 Å². The van der Waals surface area contributed by atoms with Gasteiger partial charge in [-0.05, 0) is 18.9 Å². The van der Waals surface area contributed by atoms with E-state index in [4.69, 9.17) is 16.0 Å². The Hall–Kier alpha value is -0.960. The zero-order chi connectivity index (χ0) is 12.3. The van der Waals surface area contributed by atoms with E-state index < -0.39 is 0 Å². The van der Waals surface area contributed by atoms with E-state index in [9.17, 15) is 4.79 Å². The number of carbonyl (C=O) groups is 1. The van der Waals surface area contributed by atoms with Crippen molar-refractivity contribution < 1.29 is 9.21 Å². The Morgan fingerprint density at radius 1 is 1.53 bits per heavy atom. The van der Waals surface area contributed by atoms with E-state index in [-0.39, 0.29) is 11.4 Å². The van der Waals surface area contributed by atoms with Gasteiger partial charge in [-0.15, -0.1) is 11.6 Å². The molecule has 1 heterocycles. The van der Waals surface area contributed by atoms with Crippen LogP contribution in [-0.2, 0) is 6.42 Å². The van der Waals surface area contributed by atoms with Gasteiger partial charge in [0.25, 0.3) is 5.91 Å². The second-order valence-corrected chi connectivity index (χ2v) is 4.95. The van der Waals surface area contributed by atoms with Crippen molar-refractivity contribution in [2.24, 2.45) is 0 Å². The molecule has 0 aromatic carbocycles. The zero-order valence-electron chi connectivity index (χ0n) is 10.1. The van der Waals surface area contributed by atoms with Gasteiger partial charge in [0.15, 0.2) is 0 Å². The summed E-state index contributed by atoms with van der Waals surface area (Å²) in [5.41, 5.74) is 0.435. The Morgan fingerprint density at radius 2 is 2.24 bits per heavy atom. The number of nitrogens with one attached hydrogen (secondary N) is 1. The van der Waals surface area contributed by atoms with E-state index in [2.05, 4.69) is 5.32 Å². The van der Waals surface area contributed by atoms with Gasteiger partial charge in [-0.2, -0.15) is 0 Å². The lowest BCUT2D eigenvalue weighted by Crippen LogP contribution is -2.48. The quantitative estimate of drug-likeness (QED) is 0.840. The van der Waals surface area contributed by atoms with Crippen molar-refractivity contribution in [2.75, 3.05) is 5.88 Å². The lowest BCUT2D eigenvalue weighted by Gasteiger charge is -2.27. The lowest BCUT2D eigenvalue weighted by molar-refractivity contribution is 0.0907. The molecular weight excluding hydrogens is 238 g/mol. The molecule has 4 heteroatoms. The van der Waals surface area contributed by atoms with Crippen molar-refractivity contribution in [1.29, 1.82) is 0 Å². The average Bonchev–Trinajstić information content (AvgIpc) is 2.97. The molecule has 1 saturated carbocycles. The van der Waals surface area contributed by atoms with Gasteiger partial charge >= 0.3 is 0 Å². The molecule has 1 aliphatic rings. The summed E-state index contributed by atoms with van der Waals surface area (Å²) < 4.78 is 5.27. The maximum Gasteiger partial charge on any atom is 0.255 e. The minimum atomic E-state index is -0.207. The van der Waals surface area contributed by atoms with Gasteiger partial charge in [-0.1, -0.05) is 19.8 Å². The molecule has 0 bridgehead atoms. The predicted octanol–water partition coefficient (Wildman–Crippen LogP) is 3.12. The van der Waals surface area contributed by atoms with Crippen LogP contribution in [0.5, 0.6) is 0 Å². The normalized spacial score (nSPS) is 18.2. The van der Waals surface area contributed by atoms with Crippen LogP contribution in [-0.4, -0.2) is 17.3 Å². The third-order valence-electron chi connectivity index (χ3n) is 3.51. The van der Waals surface area contributed by atoms with Crippen LogP contribution in [0.4, 0.5) is 0 Å². The monoisotopic (exact) mass is 255 g/mol. The summed E-state index contributed by atoms with van der Waals surface area (Å²) in [6, 6.07) is 1.73. The van der Waals surface area contributed by atoms with E-state index in [0.29, 0.717) is 11.4 Å². The van der Waals surface area contributed by atoms with Crippen LogP contribution < -0.4 is 5.32 Å². The lowest BCUT2D eigenvalue weighted by atomic mass is 9.99. The van der Waals surface area contributed by atoms with Gasteiger partial charge in [0.1, 0.15) is 5.76 Å². The first-order chi connectivity index (χ1) is 8.21. The molecule has 1 N–H and O–H groups in total. The topological polar surface area (TPSA) is 42.2 Å². The van der Waals surface area contributed by atoms with Crippen LogP contribution in [0.2, 0.25) is 0 Å². The molecule has 1 amide bonds. The van der Waals surface area contributed by atoms with Crippen molar-refractivity contribution in [3.63, 3.8) is 0 Å². The van der Waals surface area contributed by atoms with Crippen LogP contribution in [0, 0.1) is 0 Å². The largest absolute Gasteiger partial charge is 0.469 e. The fourth-order valence-electron chi connectivity index (χ4n) is 2.47. The third kappa shape index (κ3) is 2.49. The molecular formula is C13H18ClNO2. The minimum absolute atomic E-state index is 0.0573. The number of rotatable bonds is 4. The first-order valence-corrected chi connectivity index (χ1v) is 6.69. The second kappa shape index (κ2) is 5.13. The van der Waals surface area contributed by atoms with Gasteiger partial charge < -0.3 is 9.73 Å². The van der Waals surface area contributed by atoms with Gasteiger partial charge in [-0.25, -0.2) is 0 Å². The summed E-state index contributed by atoms with van der Waals surface area (Å²) in [7, 11) is 0. The third-order valence-corrected chi connectivity index (χ3v) is 4.02. The fraction of sp³-hybridized carbons (Fsp3) is 0.615. The summed E-state index contributed by atoms with van der Waals surface area (Å²) in [6.07, 6.45) is 6.51. The van der Waals surface area contributed by atoms with Crippen molar-refractivity contribution >= 4 is 17.5 Å². The molecule has 17 heavy (non-hydrogen) atoms. The first-order valence-electron chi connectivity index (χ1n) is 6.15. The Morgan fingerprint density at radius 3 is 2.82 bits per heavy atom. The van der Waals surface area contributed by atoms with E-state index in [1.807, 2.05) is 6.92 Å². The van der Waals surface area contributed by atoms with Crippen LogP contribution in [0.15, 0.2) is 16.7 Å². The van der Waals surface area contributed by atoms with Crippen LogP contribution in [0.25, 0.3) is 0 Å². The molecule has 0 spiro atoms. The summed E-state index contributed by atoms with van der Waals surface area (Å²) in [4.78, 5) is 12.2. The number of furan rings is 1.